The fourth-order valence-electron chi connectivity index (χ4n) is 1.68. The van der Waals surface area contributed by atoms with Crippen LogP contribution in [0.1, 0.15) is 18.1 Å². The third kappa shape index (κ3) is 1.63. The van der Waals surface area contributed by atoms with Gasteiger partial charge in [0.25, 0.3) is 0 Å². The van der Waals surface area contributed by atoms with Gasteiger partial charge in [0.15, 0.2) is 0 Å². The van der Waals surface area contributed by atoms with Crippen LogP contribution in [0.4, 0.5) is 0 Å². The Bertz CT molecular complexity index is 321. The Morgan fingerprint density at radius 3 is 2.64 bits per heavy atom. The summed E-state index contributed by atoms with van der Waals surface area (Å²) >= 11 is 0. The van der Waals surface area contributed by atoms with Crippen LogP contribution in [-0.4, -0.2) is 17.7 Å². The number of carbonyl (C=O) groups is 1. The second kappa shape index (κ2) is 3.80. The molecule has 0 spiro atoms. The Labute approximate surface area is 82.3 Å². The molecule has 1 fully saturated rings. The lowest BCUT2D eigenvalue weighted by Crippen LogP contribution is -2.17. The lowest BCUT2D eigenvalue weighted by molar-refractivity contribution is -0.144. The van der Waals surface area contributed by atoms with Crippen molar-refractivity contribution in [3.63, 3.8) is 0 Å². The van der Waals surface area contributed by atoms with Gasteiger partial charge in [-0.3, -0.25) is 4.79 Å². The number of ether oxygens (including phenoxy) is 1. The summed E-state index contributed by atoms with van der Waals surface area (Å²) in [6.07, 6.45) is -0.124. The molecule has 1 heterocycles. The van der Waals surface area contributed by atoms with Crippen molar-refractivity contribution in [3.05, 3.63) is 35.9 Å². The van der Waals surface area contributed by atoms with E-state index in [4.69, 9.17) is 4.74 Å². The number of cyclic esters (lactones) is 1. The Hall–Kier alpha value is -1.35. The molecule has 1 saturated heterocycles. The van der Waals surface area contributed by atoms with Gasteiger partial charge in [0, 0.05) is 0 Å². The summed E-state index contributed by atoms with van der Waals surface area (Å²) in [5.41, 5.74) is 0.774. The second-order valence-corrected chi connectivity index (χ2v) is 3.42. The number of aliphatic hydroxyl groups excluding tert-OH is 1. The third-order valence-electron chi connectivity index (χ3n) is 2.50. The van der Waals surface area contributed by atoms with Crippen LogP contribution in [0, 0.1) is 5.92 Å². The Morgan fingerprint density at radius 2 is 2.07 bits per heavy atom. The Kier molecular flexibility index (Phi) is 2.50. The van der Waals surface area contributed by atoms with E-state index in [9.17, 15) is 9.90 Å². The first-order valence-corrected chi connectivity index (χ1v) is 4.68. The van der Waals surface area contributed by atoms with Gasteiger partial charge in [0.2, 0.25) is 0 Å². The van der Waals surface area contributed by atoms with Gasteiger partial charge >= 0.3 is 5.97 Å². The second-order valence-electron chi connectivity index (χ2n) is 3.42. The molecule has 2 atom stereocenters. The normalized spacial score (nSPS) is 23.2. The van der Waals surface area contributed by atoms with Crippen LogP contribution in [0.2, 0.25) is 0 Å². The van der Waals surface area contributed by atoms with Crippen LogP contribution >= 0.6 is 0 Å². The van der Waals surface area contributed by atoms with E-state index >= 15 is 0 Å². The molecule has 1 N–H and O–H groups in total. The molecular formula is C11H12O3. The van der Waals surface area contributed by atoms with Crippen molar-refractivity contribution in [2.75, 3.05) is 6.61 Å². The first-order chi connectivity index (χ1) is 6.79. The minimum absolute atomic E-state index is 0.290. The molecule has 14 heavy (non-hydrogen) atoms. The zero-order chi connectivity index (χ0) is 9.97. The summed E-state index contributed by atoms with van der Waals surface area (Å²) in [5, 5.41) is 9.89. The highest BCUT2D eigenvalue weighted by atomic mass is 16.5. The summed E-state index contributed by atoms with van der Waals surface area (Å²) in [6.45, 7) is 0.424. The maximum absolute atomic E-state index is 11.2. The number of hydrogen-bond acceptors (Lipinski definition) is 3. The molecule has 0 bridgehead atoms. The monoisotopic (exact) mass is 192 g/mol. The van der Waals surface area contributed by atoms with Gasteiger partial charge in [0.05, 0.1) is 18.6 Å². The lowest BCUT2D eigenvalue weighted by Gasteiger charge is -2.14. The molecule has 0 radical (unpaired) electrons. The van der Waals surface area contributed by atoms with Crippen LogP contribution < -0.4 is 0 Å². The molecule has 1 aliphatic rings. The van der Waals surface area contributed by atoms with Crippen molar-refractivity contribution in [1.82, 2.24) is 0 Å². The number of esters is 1. The van der Waals surface area contributed by atoms with E-state index in [0.717, 1.165) is 5.56 Å². The Balaban J connectivity index is 2.16. The molecule has 0 aromatic heterocycles. The average molecular weight is 192 g/mol. The number of aliphatic hydroxyl groups is 1. The van der Waals surface area contributed by atoms with E-state index in [2.05, 4.69) is 0 Å². The van der Waals surface area contributed by atoms with E-state index in [1.54, 1.807) is 0 Å². The molecule has 3 heteroatoms. The lowest BCUT2D eigenvalue weighted by atomic mass is 9.95. The van der Waals surface area contributed by atoms with Crippen molar-refractivity contribution < 1.29 is 14.6 Å². The van der Waals surface area contributed by atoms with E-state index < -0.39 is 12.0 Å². The van der Waals surface area contributed by atoms with Crippen molar-refractivity contribution in [3.8, 4) is 0 Å². The Morgan fingerprint density at radius 1 is 1.36 bits per heavy atom. The molecule has 0 saturated carbocycles. The van der Waals surface area contributed by atoms with Gasteiger partial charge in [0.1, 0.15) is 0 Å². The van der Waals surface area contributed by atoms with E-state index in [1.165, 1.54) is 0 Å². The molecular weight excluding hydrogens is 180 g/mol. The molecule has 1 aromatic rings. The zero-order valence-electron chi connectivity index (χ0n) is 7.72. The van der Waals surface area contributed by atoms with Crippen molar-refractivity contribution in [2.24, 2.45) is 5.92 Å². The van der Waals surface area contributed by atoms with Gasteiger partial charge in [-0.2, -0.15) is 0 Å². The van der Waals surface area contributed by atoms with Crippen LogP contribution in [0.3, 0.4) is 0 Å². The molecule has 74 valence electrons. The number of rotatable bonds is 2. The predicted molar refractivity (Wildman–Crippen MR) is 50.5 cm³/mol. The van der Waals surface area contributed by atoms with Gasteiger partial charge in [-0.05, 0) is 12.0 Å². The smallest absolute Gasteiger partial charge is 0.312 e. The average Bonchev–Trinajstić information content (AvgIpc) is 2.65. The largest absolute Gasteiger partial charge is 0.465 e. The first-order valence-electron chi connectivity index (χ1n) is 4.68. The van der Waals surface area contributed by atoms with E-state index in [1.807, 2.05) is 30.3 Å². The minimum Gasteiger partial charge on any atom is -0.465 e. The molecule has 0 aliphatic carbocycles. The topological polar surface area (TPSA) is 46.5 Å². The summed E-state index contributed by atoms with van der Waals surface area (Å²) in [5.74, 6) is -0.682. The van der Waals surface area contributed by atoms with E-state index in [-0.39, 0.29) is 5.97 Å². The number of carbonyl (C=O) groups excluding carboxylic acids is 1. The van der Waals surface area contributed by atoms with Gasteiger partial charge in [-0.15, -0.1) is 0 Å². The molecule has 0 amide bonds. The number of benzene rings is 1. The highest BCUT2D eigenvalue weighted by Gasteiger charge is 2.33. The maximum Gasteiger partial charge on any atom is 0.312 e. The summed E-state index contributed by atoms with van der Waals surface area (Å²) in [7, 11) is 0. The third-order valence-corrected chi connectivity index (χ3v) is 2.50. The van der Waals surface area contributed by atoms with Gasteiger partial charge in [-0.1, -0.05) is 30.3 Å². The molecule has 1 aliphatic heterocycles. The summed E-state index contributed by atoms with van der Waals surface area (Å²) in [6, 6.07) is 9.20. The maximum atomic E-state index is 11.2. The van der Waals surface area contributed by atoms with E-state index in [0.29, 0.717) is 13.0 Å². The molecule has 2 rings (SSSR count). The molecule has 3 nitrogen and oxygen atoms in total. The minimum atomic E-state index is -0.730. The van der Waals surface area contributed by atoms with Crippen molar-refractivity contribution in [1.29, 1.82) is 0 Å². The van der Waals surface area contributed by atoms with Crippen LogP contribution in [0.25, 0.3) is 0 Å². The van der Waals surface area contributed by atoms with Gasteiger partial charge in [-0.25, -0.2) is 0 Å². The molecule has 1 aromatic carbocycles. The van der Waals surface area contributed by atoms with Crippen molar-refractivity contribution in [2.45, 2.75) is 12.5 Å². The van der Waals surface area contributed by atoms with Crippen LogP contribution in [-0.2, 0) is 9.53 Å². The SMILES string of the molecule is O=C1OCC[C@@H]1[C@@H](O)c1ccccc1. The summed E-state index contributed by atoms with van der Waals surface area (Å²) < 4.78 is 4.81. The number of hydrogen-bond donors (Lipinski definition) is 1. The molecule has 0 unspecified atom stereocenters. The van der Waals surface area contributed by atoms with Crippen LogP contribution in [0.5, 0.6) is 0 Å². The fraction of sp³-hybridized carbons (Fsp3) is 0.364. The summed E-state index contributed by atoms with van der Waals surface area (Å²) in [4.78, 5) is 11.2. The van der Waals surface area contributed by atoms with Crippen LogP contribution in [0.15, 0.2) is 30.3 Å². The highest BCUT2D eigenvalue weighted by Crippen LogP contribution is 2.29. The fourth-order valence-corrected chi connectivity index (χ4v) is 1.68. The highest BCUT2D eigenvalue weighted by molar-refractivity contribution is 5.75. The zero-order valence-corrected chi connectivity index (χ0v) is 7.72. The predicted octanol–water partition coefficient (Wildman–Crippen LogP) is 1.28. The van der Waals surface area contributed by atoms with Gasteiger partial charge < -0.3 is 9.84 Å². The standard InChI is InChI=1S/C11H12O3/c12-10(8-4-2-1-3-5-8)9-6-7-14-11(9)13/h1-5,9-10,12H,6-7H2/t9-,10+/m1/s1. The quantitative estimate of drug-likeness (QED) is 0.718. The first kappa shape index (κ1) is 9.21. The van der Waals surface area contributed by atoms with Crippen molar-refractivity contribution >= 4 is 5.97 Å².